The number of rotatable bonds is 0. The fraction of sp³-hybridized carbons (Fsp3) is 0.250. The van der Waals surface area contributed by atoms with Gasteiger partial charge in [-0.05, 0) is 48.9 Å². The van der Waals surface area contributed by atoms with Gasteiger partial charge in [0.15, 0.2) is 5.65 Å². The number of aromatic nitrogens is 2. The van der Waals surface area contributed by atoms with Crippen molar-refractivity contribution in [1.82, 2.24) is 9.38 Å². The molecule has 19 heavy (non-hydrogen) atoms. The molecular formula is C16H13N3. The van der Waals surface area contributed by atoms with Crippen LogP contribution in [0.2, 0.25) is 0 Å². The maximum atomic E-state index is 9.51. The number of aryl methyl sites for hydroxylation is 1. The molecular weight excluding hydrogens is 234 g/mol. The van der Waals surface area contributed by atoms with E-state index < -0.39 is 0 Å². The zero-order chi connectivity index (χ0) is 12.8. The highest BCUT2D eigenvalue weighted by molar-refractivity contribution is 5.83. The average molecular weight is 247 g/mol. The molecule has 0 fully saturated rings. The second-order valence-corrected chi connectivity index (χ2v) is 5.12. The lowest BCUT2D eigenvalue weighted by molar-refractivity contribution is 0.680. The van der Waals surface area contributed by atoms with E-state index in [0.29, 0.717) is 0 Å². The van der Waals surface area contributed by atoms with Crippen LogP contribution in [-0.4, -0.2) is 9.38 Å². The maximum Gasteiger partial charge on any atom is 0.156 e. The molecule has 1 aromatic carbocycles. The van der Waals surface area contributed by atoms with Gasteiger partial charge in [-0.2, -0.15) is 5.26 Å². The third kappa shape index (κ3) is 1.40. The van der Waals surface area contributed by atoms with E-state index in [0.717, 1.165) is 35.1 Å². The normalized spacial score (nSPS) is 14.5. The van der Waals surface area contributed by atoms with Crippen molar-refractivity contribution in [3.8, 4) is 6.07 Å². The van der Waals surface area contributed by atoms with E-state index in [2.05, 4.69) is 27.7 Å². The summed E-state index contributed by atoms with van der Waals surface area (Å²) in [5.41, 5.74) is 6.16. The average Bonchev–Trinajstić information content (AvgIpc) is 2.83. The first-order valence-electron chi connectivity index (χ1n) is 6.70. The predicted molar refractivity (Wildman–Crippen MR) is 74.1 cm³/mol. The summed E-state index contributed by atoms with van der Waals surface area (Å²) in [5.74, 6) is 0. The lowest BCUT2D eigenvalue weighted by Gasteiger charge is -2.17. The molecule has 3 aromatic rings. The standard InChI is InChI=1S/C16H13N3/c17-9-13-12-6-2-1-5-11(12)10-19-15-8-4-3-7-14(15)18-16(13)19/h3-4,7-8,10H,1-2,5-6H2. The number of nitriles is 1. The summed E-state index contributed by atoms with van der Waals surface area (Å²) in [5, 5.41) is 9.51. The van der Waals surface area contributed by atoms with Crippen LogP contribution in [0.1, 0.15) is 29.5 Å². The predicted octanol–water partition coefficient (Wildman–Crippen LogP) is 3.24. The van der Waals surface area contributed by atoms with Crippen molar-refractivity contribution in [2.75, 3.05) is 0 Å². The zero-order valence-electron chi connectivity index (χ0n) is 10.6. The van der Waals surface area contributed by atoms with Crippen LogP contribution in [0.25, 0.3) is 16.7 Å². The van der Waals surface area contributed by atoms with E-state index in [4.69, 9.17) is 0 Å². The summed E-state index contributed by atoms with van der Waals surface area (Å²) in [6.45, 7) is 0. The van der Waals surface area contributed by atoms with Crippen molar-refractivity contribution in [3.63, 3.8) is 0 Å². The quantitative estimate of drug-likeness (QED) is 0.612. The number of hydrogen-bond acceptors (Lipinski definition) is 2. The Morgan fingerprint density at radius 1 is 1.16 bits per heavy atom. The van der Waals surface area contributed by atoms with Gasteiger partial charge in [-0.3, -0.25) is 4.40 Å². The van der Waals surface area contributed by atoms with Gasteiger partial charge in [-0.1, -0.05) is 12.1 Å². The number of benzene rings is 1. The first-order chi connectivity index (χ1) is 9.38. The van der Waals surface area contributed by atoms with Crippen LogP contribution in [0.3, 0.4) is 0 Å². The van der Waals surface area contributed by atoms with Crippen LogP contribution in [0, 0.1) is 11.3 Å². The highest BCUT2D eigenvalue weighted by Gasteiger charge is 2.19. The Balaban J connectivity index is 2.21. The van der Waals surface area contributed by atoms with Crippen LogP contribution >= 0.6 is 0 Å². The molecule has 2 aromatic heterocycles. The van der Waals surface area contributed by atoms with Gasteiger partial charge in [0.2, 0.25) is 0 Å². The van der Waals surface area contributed by atoms with Crippen molar-refractivity contribution in [3.05, 3.63) is 47.2 Å². The Morgan fingerprint density at radius 3 is 2.89 bits per heavy atom. The highest BCUT2D eigenvalue weighted by Crippen LogP contribution is 2.29. The van der Waals surface area contributed by atoms with Gasteiger partial charge in [0.05, 0.1) is 16.6 Å². The Kier molecular flexibility index (Phi) is 2.13. The van der Waals surface area contributed by atoms with Gasteiger partial charge in [0.1, 0.15) is 6.07 Å². The van der Waals surface area contributed by atoms with Crippen LogP contribution in [-0.2, 0) is 12.8 Å². The summed E-state index contributed by atoms with van der Waals surface area (Å²) in [6.07, 6.45) is 6.67. The van der Waals surface area contributed by atoms with Gasteiger partial charge in [-0.15, -0.1) is 0 Å². The SMILES string of the molecule is N#Cc1c2c(cn3c1nc1ccccc13)CCCC2. The Bertz CT molecular complexity index is 836. The van der Waals surface area contributed by atoms with Crippen molar-refractivity contribution in [2.45, 2.75) is 25.7 Å². The second-order valence-electron chi connectivity index (χ2n) is 5.12. The molecule has 0 N–H and O–H groups in total. The minimum atomic E-state index is 0.772. The maximum absolute atomic E-state index is 9.51. The molecule has 2 heterocycles. The number of imidazole rings is 1. The van der Waals surface area contributed by atoms with Gasteiger partial charge in [0.25, 0.3) is 0 Å². The van der Waals surface area contributed by atoms with E-state index in [1.807, 2.05) is 18.2 Å². The summed E-state index contributed by atoms with van der Waals surface area (Å²) < 4.78 is 2.08. The van der Waals surface area contributed by atoms with Crippen LogP contribution < -0.4 is 0 Å². The van der Waals surface area contributed by atoms with Crippen LogP contribution in [0.5, 0.6) is 0 Å². The molecule has 1 aliphatic carbocycles. The molecule has 0 amide bonds. The molecule has 0 aliphatic heterocycles. The summed E-state index contributed by atoms with van der Waals surface area (Å²) in [6, 6.07) is 10.4. The Hall–Kier alpha value is -2.34. The molecule has 0 saturated carbocycles. The van der Waals surface area contributed by atoms with Gasteiger partial charge < -0.3 is 0 Å². The molecule has 4 rings (SSSR count). The van der Waals surface area contributed by atoms with Crippen LogP contribution in [0.15, 0.2) is 30.5 Å². The molecule has 0 saturated heterocycles. The molecule has 92 valence electrons. The largest absolute Gasteiger partial charge is 0.298 e. The first-order valence-corrected chi connectivity index (χ1v) is 6.70. The van der Waals surface area contributed by atoms with Gasteiger partial charge in [-0.25, -0.2) is 4.98 Å². The van der Waals surface area contributed by atoms with Crippen molar-refractivity contribution >= 4 is 16.7 Å². The van der Waals surface area contributed by atoms with Gasteiger partial charge >= 0.3 is 0 Å². The molecule has 3 nitrogen and oxygen atoms in total. The van der Waals surface area contributed by atoms with E-state index in [9.17, 15) is 5.26 Å². The fourth-order valence-electron chi connectivity index (χ4n) is 3.12. The van der Waals surface area contributed by atoms with E-state index >= 15 is 0 Å². The molecule has 3 heteroatoms. The van der Waals surface area contributed by atoms with Crippen molar-refractivity contribution in [1.29, 1.82) is 5.26 Å². The topological polar surface area (TPSA) is 41.1 Å². The number of pyridine rings is 1. The van der Waals surface area contributed by atoms with E-state index in [-0.39, 0.29) is 0 Å². The van der Waals surface area contributed by atoms with Crippen molar-refractivity contribution in [2.24, 2.45) is 0 Å². The molecule has 0 atom stereocenters. The molecule has 0 spiro atoms. The molecule has 1 aliphatic rings. The Morgan fingerprint density at radius 2 is 2.00 bits per heavy atom. The lowest BCUT2D eigenvalue weighted by Crippen LogP contribution is -2.08. The molecule has 0 bridgehead atoms. The number of hydrogen-bond donors (Lipinski definition) is 0. The van der Waals surface area contributed by atoms with E-state index in [1.165, 1.54) is 24.0 Å². The molecule has 0 radical (unpaired) electrons. The van der Waals surface area contributed by atoms with E-state index in [1.54, 1.807) is 0 Å². The lowest BCUT2D eigenvalue weighted by atomic mass is 9.90. The zero-order valence-corrected chi connectivity index (χ0v) is 10.6. The van der Waals surface area contributed by atoms with Crippen molar-refractivity contribution < 1.29 is 0 Å². The Labute approximate surface area is 111 Å². The minimum Gasteiger partial charge on any atom is -0.298 e. The third-order valence-electron chi connectivity index (χ3n) is 4.03. The van der Waals surface area contributed by atoms with Crippen LogP contribution in [0.4, 0.5) is 0 Å². The fourth-order valence-corrected chi connectivity index (χ4v) is 3.12. The summed E-state index contributed by atoms with van der Waals surface area (Å²) >= 11 is 0. The summed E-state index contributed by atoms with van der Waals surface area (Å²) in [7, 11) is 0. The third-order valence-corrected chi connectivity index (χ3v) is 4.03. The second kappa shape index (κ2) is 3.83. The monoisotopic (exact) mass is 247 g/mol. The minimum absolute atomic E-state index is 0.772. The number of para-hydroxylation sites is 2. The van der Waals surface area contributed by atoms with Gasteiger partial charge in [0, 0.05) is 6.20 Å². The highest BCUT2D eigenvalue weighted by atomic mass is 15.0. The number of fused-ring (bicyclic) bond motifs is 4. The molecule has 0 unspecified atom stereocenters. The first kappa shape index (κ1) is 10.6. The number of nitrogens with zero attached hydrogens (tertiary/aromatic N) is 3. The summed E-state index contributed by atoms with van der Waals surface area (Å²) in [4.78, 5) is 4.63. The smallest absolute Gasteiger partial charge is 0.156 e.